The van der Waals surface area contributed by atoms with Crippen LogP contribution in [-0.4, -0.2) is 18.0 Å². The van der Waals surface area contributed by atoms with Crippen molar-refractivity contribution < 1.29 is 9.18 Å². The van der Waals surface area contributed by atoms with Gasteiger partial charge in [0, 0.05) is 20.1 Å². The molecule has 0 aliphatic carbocycles. The Kier molecular flexibility index (Phi) is 5.10. The molecule has 112 valence electrons. The van der Waals surface area contributed by atoms with Gasteiger partial charge in [0.15, 0.2) is 0 Å². The smallest absolute Gasteiger partial charge is 0.317 e. The fourth-order valence-electron chi connectivity index (χ4n) is 2.00. The molecule has 0 heterocycles. The van der Waals surface area contributed by atoms with Gasteiger partial charge in [0.1, 0.15) is 5.82 Å². The van der Waals surface area contributed by atoms with E-state index in [2.05, 4.69) is 11.4 Å². The van der Waals surface area contributed by atoms with Gasteiger partial charge >= 0.3 is 6.03 Å². The van der Waals surface area contributed by atoms with Crippen LogP contribution in [0, 0.1) is 17.1 Å². The first kappa shape index (κ1) is 15.5. The van der Waals surface area contributed by atoms with Crippen molar-refractivity contribution >= 4 is 6.03 Å². The van der Waals surface area contributed by atoms with E-state index >= 15 is 0 Å². The summed E-state index contributed by atoms with van der Waals surface area (Å²) in [5, 5.41) is 11.6. The van der Waals surface area contributed by atoms with E-state index in [0.717, 1.165) is 11.1 Å². The lowest BCUT2D eigenvalue weighted by Gasteiger charge is -2.18. The molecular weight excluding hydrogens is 281 g/mol. The number of benzene rings is 2. The van der Waals surface area contributed by atoms with Gasteiger partial charge in [0.05, 0.1) is 11.6 Å². The number of nitrogens with one attached hydrogen (secondary N) is 1. The van der Waals surface area contributed by atoms with E-state index in [9.17, 15) is 9.18 Å². The summed E-state index contributed by atoms with van der Waals surface area (Å²) in [7, 11) is 1.68. The minimum Gasteiger partial charge on any atom is -0.334 e. The Hall–Kier alpha value is -2.87. The molecule has 2 amide bonds. The highest BCUT2D eigenvalue weighted by molar-refractivity contribution is 5.73. The fraction of sp³-hybridized carbons (Fsp3) is 0.176. The zero-order valence-corrected chi connectivity index (χ0v) is 12.2. The van der Waals surface area contributed by atoms with Gasteiger partial charge in [-0.15, -0.1) is 0 Å². The number of halogens is 1. The molecule has 0 aliphatic heterocycles. The van der Waals surface area contributed by atoms with Crippen LogP contribution < -0.4 is 5.32 Å². The molecule has 0 spiro atoms. The van der Waals surface area contributed by atoms with Crippen LogP contribution in [0.3, 0.4) is 0 Å². The SMILES string of the molecule is CN(Cc1cccc(C#N)c1)C(=O)NCc1ccc(F)cc1. The van der Waals surface area contributed by atoms with E-state index in [0.29, 0.717) is 18.7 Å². The van der Waals surface area contributed by atoms with E-state index in [-0.39, 0.29) is 11.8 Å². The van der Waals surface area contributed by atoms with Crippen LogP contribution in [0.5, 0.6) is 0 Å². The molecule has 0 saturated carbocycles. The molecule has 0 atom stereocenters. The summed E-state index contributed by atoms with van der Waals surface area (Å²) < 4.78 is 12.8. The highest BCUT2D eigenvalue weighted by atomic mass is 19.1. The topological polar surface area (TPSA) is 56.1 Å². The molecule has 0 bridgehead atoms. The maximum absolute atomic E-state index is 12.8. The van der Waals surface area contributed by atoms with E-state index < -0.39 is 0 Å². The Labute approximate surface area is 128 Å². The number of amides is 2. The number of carbonyl (C=O) groups excluding carboxylic acids is 1. The van der Waals surface area contributed by atoms with Crippen molar-refractivity contribution in [3.8, 4) is 6.07 Å². The summed E-state index contributed by atoms with van der Waals surface area (Å²) in [5.74, 6) is -0.301. The van der Waals surface area contributed by atoms with Crippen LogP contribution in [0.15, 0.2) is 48.5 Å². The van der Waals surface area contributed by atoms with Gasteiger partial charge in [0.2, 0.25) is 0 Å². The normalized spacial score (nSPS) is 9.86. The van der Waals surface area contributed by atoms with Crippen LogP contribution in [0.25, 0.3) is 0 Å². The average molecular weight is 297 g/mol. The number of nitriles is 1. The molecule has 2 rings (SSSR count). The third kappa shape index (κ3) is 4.32. The quantitative estimate of drug-likeness (QED) is 0.943. The zero-order chi connectivity index (χ0) is 15.9. The van der Waals surface area contributed by atoms with Crippen molar-refractivity contribution in [1.29, 1.82) is 5.26 Å². The molecule has 0 radical (unpaired) electrons. The summed E-state index contributed by atoms with van der Waals surface area (Å²) in [4.78, 5) is 13.5. The average Bonchev–Trinajstić information content (AvgIpc) is 2.54. The van der Waals surface area contributed by atoms with Crippen molar-refractivity contribution in [3.05, 3.63) is 71.0 Å². The summed E-state index contributed by atoms with van der Waals surface area (Å²) in [5.41, 5.74) is 2.28. The Morgan fingerprint density at radius 2 is 1.95 bits per heavy atom. The Morgan fingerprint density at radius 3 is 2.64 bits per heavy atom. The molecule has 2 aromatic rings. The number of urea groups is 1. The predicted molar refractivity (Wildman–Crippen MR) is 81.3 cm³/mol. The number of rotatable bonds is 4. The van der Waals surface area contributed by atoms with Gasteiger partial charge in [-0.25, -0.2) is 9.18 Å². The number of carbonyl (C=O) groups is 1. The molecule has 0 fully saturated rings. The van der Waals surface area contributed by atoms with Crippen molar-refractivity contribution in [2.75, 3.05) is 7.05 Å². The molecule has 0 aliphatic rings. The molecule has 0 aromatic heterocycles. The summed E-state index contributed by atoms with van der Waals surface area (Å²) in [6, 6.07) is 15.0. The fourth-order valence-corrected chi connectivity index (χ4v) is 2.00. The maximum Gasteiger partial charge on any atom is 0.317 e. The minimum atomic E-state index is -0.301. The molecule has 4 nitrogen and oxygen atoms in total. The molecule has 0 unspecified atom stereocenters. The molecular formula is C17H16FN3O. The third-order valence-electron chi connectivity index (χ3n) is 3.18. The van der Waals surface area contributed by atoms with Gasteiger partial charge in [-0.1, -0.05) is 24.3 Å². The van der Waals surface area contributed by atoms with Gasteiger partial charge < -0.3 is 10.2 Å². The molecule has 2 aromatic carbocycles. The predicted octanol–water partition coefficient (Wildman–Crippen LogP) is 3.04. The number of hydrogen-bond donors (Lipinski definition) is 1. The second-order valence-electron chi connectivity index (χ2n) is 4.95. The van der Waals surface area contributed by atoms with Crippen LogP contribution in [0.2, 0.25) is 0 Å². The second kappa shape index (κ2) is 7.23. The van der Waals surface area contributed by atoms with Gasteiger partial charge in [0.25, 0.3) is 0 Å². The van der Waals surface area contributed by atoms with Crippen molar-refractivity contribution in [2.24, 2.45) is 0 Å². The Balaban J connectivity index is 1.89. The zero-order valence-electron chi connectivity index (χ0n) is 12.2. The Bertz CT molecular complexity index is 692. The highest BCUT2D eigenvalue weighted by Gasteiger charge is 2.09. The lowest BCUT2D eigenvalue weighted by Crippen LogP contribution is -2.36. The first-order valence-electron chi connectivity index (χ1n) is 6.81. The van der Waals surface area contributed by atoms with Crippen LogP contribution in [0.4, 0.5) is 9.18 Å². The van der Waals surface area contributed by atoms with Gasteiger partial charge in [-0.05, 0) is 35.4 Å². The number of hydrogen-bond acceptors (Lipinski definition) is 2. The first-order chi connectivity index (χ1) is 10.6. The molecule has 0 saturated heterocycles. The van der Waals surface area contributed by atoms with Crippen LogP contribution >= 0.6 is 0 Å². The highest BCUT2D eigenvalue weighted by Crippen LogP contribution is 2.07. The van der Waals surface area contributed by atoms with Crippen molar-refractivity contribution in [1.82, 2.24) is 10.2 Å². The van der Waals surface area contributed by atoms with E-state index in [1.807, 2.05) is 6.07 Å². The maximum atomic E-state index is 12.8. The van der Waals surface area contributed by atoms with Gasteiger partial charge in [-0.3, -0.25) is 0 Å². The summed E-state index contributed by atoms with van der Waals surface area (Å²) in [6.07, 6.45) is 0. The van der Waals surface area contributed by atoms with Crippen LogP contribution in [0.1, 0.15) is 16.7 Å². The molecule has 1 N–H and O–H groups in total. The lowest BCUT2D eigenvalue weighted by molar-refractivity contribution is 0.206. The molecule has 5 heteroatoms. The largest absolute Gasteiger partial charge is 0.334 e. The standard InChI is InChI=1S/C17H16FN3O/c1-21(12-15-4-2-3-14(9-15)10-19)17(22)20-11-13-5-7-16(18)8-6-13/h2-9H,11-12H2,1H3,(H,20,22). The summed E-state index contributed by atoms with van der Waals surface area (Å²) >= 11 is 0. The van der Waals surface area contributed by atoms with E-state index in [1.54, 1.807) is 37.4 Å². The van der Waals surface area contributed by atoms with Crippen LogP contribution in [-0.2, 0) is 13.1 Å². The summed E-state index contributed by atoms with van der Waals surface area (Å²) in [6.45, 7) is 0.743. The third-order valence-corrected chi connectivity index (χ3v) is 3.18. The Morgan fingerprint density at radius 1 is 1.23 bits per heavy atom. The van der Waals surface area contributed by atoms with E-state index in [4.69, 9.17) is 5.26 Å². The lowest BCUT2D eigenvalue weighted by atomic mass is 10.1. The monoisotopic (exact) mass is 297 g/mol. The van der Waals surface area contributed by atoms with Crippen molar-refractivity contribution in [3.63, 3.8) is 0 Å². The van der Waals surface area contributed by atoms with E-state index in [1.165, 1.54) is 17.0 Å². The minimum absolute atomic E-state index is 0.230. The first-order valence-corrected chi connectivity index (χ1v) is 6.81. The van der Waals surface area contributed by atoms with Gasteiger partial charge in [-0.2, -0.15) is 5.26 Å². The van der Waals surface area contributed by atoms with Crippen molar-refractivity contribution in [2.45, 2.75) is 13.1 Å². The number of nitrogens with zero attached hydrogens (tertiary/aromatic N) is 2. The molecule has 22 heavy (non-hydrogen) atoms. The second-order valence-corrected chi connectivity index (χ2v) is 4.95.